The second-order valence-electron chi connectivity index (χ2n) is 5.76. The standard InChI is InChI=1S/C17H18N6O/c1-22-14(4-2-9-24)21-15-16(22)12-6-5-11(23-8-3-7-19-23)10-13(12)20-17(15)18/h3,5-8,10,24H,2,4,9H2,1H3,(H2,18,20). The molecule has 4 rings (SSSR count). The lowest BCUT2D eigenvalue weighted by molar-refractivity contribution is 0.287. The van der Waals surface area contributed by atoms with Crippen LogP contribution < -0.4 is 5.73 Å². The molecule has 1 aromatic carbocycles. The molecule has 0 bridgehead atoms. The van der Waals surface area contributed by atoms with Crippen molar-refractivity contribution in [2.24, 2.45) is 7.05 Å². The van der Waals surface area contributed by atoms with Crippen LogP contribution in [0.3, 0.4) is 0 Å². The number of pyridine rings is 1. The van der Waals surface area contributed by atoms with E-state index in [1.807, 2.05) is 42.1 Å². The van der Waals surface area contributed by atoms with Gasteiger partial charge in [-0.1, -0.05) is 0 Å². The first-order valence-corrected chi connectivity index (χ1v) is 7.84. The molecule has 3 heterocycles. The molecule has 0 unspecified atom stereocenters. The molecule has 0 aliphatic heterocycles. The molecule has 3 aromatic heterocycles. The third-order valence-electron chi connectivity index (χ3n) is 4.24. The Hall–Kier alpha value is -2.93. The van der Waals surface area contributed by atoms with Crippen LogP contribution in [0.4, 0.5) is 5.82 Å². The van der Waals surface area contributed by atoms with E-state index in [0.717, 1.165) is 27.9 Å². The summed E-state index contributed by atoms with van der Waals surface area (Å²) in [6.07, 6.45) is 5.00. The monoisotopic (exact) mass is 322 g/mol. The number of aromatic nitrogens is 5. The number of hydrogen-bond donors (Lipinski definition) is 2. The minimum atomic E-state index is 0.144. The van der Waals surface area contributed by atoms with Gasteiger partial charge >= 0.3 is 0 Å². The van der Waals surface area contributed by atoms with Crippen molar-refractivity contribution in [1.82, 2.24) is 24.3 Å². The van der Waals surface area contributed by atoms with Crippen molar-refractivity contribution in [1.29, 1.82) is 0 Å². The van der Waals surface area contributed by atoms with E-state index in [0.29, 0.717) is 24.2 Å². The normalized spacial score (nSPS) is 11.6. The molecule has 0 radical (unpaired) electrons. The van der Waals surface area contributed by atoms with E-state index in [1.54, 1.807) is 10.9 Å². The Morgan fingerprint density at radius 1 is 1.25 bits per heavy atom. The van der Waals surface area contributed by atoms with Crippen LogP contribution >= 0.6 is 0 Å². The Morgan fingerprint density at radius 2 is 2.12 bits per heavy atom. The topological polar surface area (TPSA) is 94.8 Å². The lowest BCUT2D eigenvalue weighted by Gasteiger charge is -2.07. The van der Waals surface area contributed by atoms with Crippen molar-refractivity contribution in [3.63, 3.8) is 0 Å². The number of benzene rings is 1. The first-order valence-electron chi connectivity index (χ1n) is 7.84. The highest BCUT2D eigenvalue weighted by Gasteiger charge is 2.15. The molecule has 0 aliphatic carbocycles. The summed E-state index contributed by atoms with van der Waals surface area (Å²) < 4.78 is 3.83. The molecule has 0 fully saturated rings. The van der Waals surface area contributed by atoms with Crippen molar-refractivity contribution in [2.75, 3.05) is 12.3 Å². The van der Waals surface area contributed by atoms with E-state index in [9.17, 15) is 0 Å². The molecule has 0 saturated carbocycles. The smallest absolute Gasteiger partial charge is 0.152 e. The number of nitrogen functional groups attached to an aromatic ring is 1. The SMILES string of the molecule is Cn1c(CCCO)nc2c(N)nc3cc(-n4cccn4)ccc3c21. The second kappa shape index (κ2) is 5.61. The predicted octanol–water partition coefficient (Wildman–Crippen LogP) is 1.81. The summed E-state index contributed by atoms with van der Waals surface area (Å²) in [5.74, 6) is 1.32. The number of imidazole rings is 1. The summed E-state index contributed by atoms with van der Waals surface area (Å²) in [6, 6.07) is 7.88. The molecule has 24 heavy (non-hydrogen) atoms. The summed E-state index contributed by atoms with van der Waals surface area (Å²) in [6.45, 7) is 0.144. The zero-order valence-electron chi connectivity index (χ0n) is 13.3. The molecule has 3 N–H and O–H groups in total. The highest BCUT2D eigenvalue weighted by molar-refractivity contribution is 6.07. The van der Waals surface area contributed by atoms with Gasteiger partial charge in [0.2, 0.25) is 0 Å². The Morgan fingerprint density at radius 3 is 2.88 bits per heavy atom. The maximum atomic E-state index is 9.06. The molecule has 7 heteroatoms. The van der Waals surface area contributed by atoms with Crippen molar-refractivity contribution in [2.45, 2.75) is 12.8 Å². The fourth-order valence-electron chi connectivity index (χ4n) is 3.05. The highest BCUT2D eigenvalue weighted by Crippen LogP contribution is 2.29. The van der Waals surface area contributed by atoms with Gasteiger partial charge < -0.3 is 15.4 Å². The summed E-state index contributed by atoms with van der Waals surface area (Å²) in [5, 5.41) is 14.3. The first kappa shape index (κ1) is 14.6. The molecular weight excluding hydrogens is 304 g/mol. The van der Waals surface area contributed by atoms with Gasteiger partial charge in [-0.05, 0) is 30.7 Å². The van der Waals surface area contributed by atoms with E-state index < -0.39 is 0 Å². The van der Waals surface area contributed by atoms with Crippen LogP contribution in [0, 0.1) is 0 Å². The van der Waals surface area contributed by atoms with Gasteiger partial charge in [-0.25, -0.2) is 14.6 Å². The van der Waals surface area contributed by atoms with E-state index in [-0.39, 0.29) is 6.61 Å². The zero-order chi connectivity index (χ0) is 16.7. The quantitative estimate of drug-likeness (QED) is 0.597. The van der Waals surface area contributed by atoms with Crippen LogP contribution in [0.25, 0.3) is 27.6 Å². The van der Waals surface area contributed by atoms with Crippen LogP contribution in [0.5, 0.6) is 0 Å². The molecule has 0 saturated heterocycles. The molecule has 0 amide bonds. The summed E-state index contributed by atoms with van der Waals surface area (Å²) in [5.41, 5.74) is 9.57. The van der Waals surface area contributed by atoms with Crippen molar-refractivity contribution in [3.8, 4) is 5.69 Å². The Labute approximate surface area is 138 Å². The first-order chi connectivity index (χ1) is 11.7. The third-order valence-corrected chi connectivity index (χ3v) is 4.24. The Balaban J connectivity index is 1.95. The summed E-state index contributed by atoms with van der Waals surface area (Å²) in [7, 11) is 1.97. The highest BCUT2D eigenvalue weighted by atomic mass is 16.2. The molecular formula is C17H18N6O. The van der Waals surface area contributed by atoms with Crippen molar-refractivity contribution in [3.05, 3.63) is 42.5 Å². The number of nitrogens with two attached hydrogens (primary N) is 1. The van der Waals surface area contributed by atoms with Crippen LogP contribution in [0.15, 0.2) is 36.7 Å². The Bertz CT molecular complexity index is 1020. The maximum absolute atomic E-state index is 9.06. The minimum Gasteiger partial charge on any atom is -0.396 e. The number of fused-ring (bicyclic) bond motifs is 3. The third kappa shape index (κ3) is 2.21. The zero-order valence-corrected chi connectivity index (χ0v) is 13.3. The van der Waals surface area contributed by atoms with Crippen molar-refractivity contribution < 1.29 is 5.11 Å². The lowest BCUT2D eigenvalue weighted by Crippen LogP contribution is -2.00. The van der Waals surface area contributed by atoms with Gasteiger partial charge in [0.25, 0.3) is 0 Å². The van der Waals surface area contributed by atoms with Gasteiger partial charge in [-0.3, -0.25) is 0 Å². The number of hydrogen-bond acceptors (Lipinski definition) is 5. The summed E-state index contributed by atoms with van der Waals surface area (Å²) >= 11 is 0. The average Bonchev–Trinajstić information content (AvgIpc) is 3.22. The number of nitrogens with zero attached hydrogens (tertiary/aromatic N) is 5. The number of anilines is 1. The van der Waals surface area contributed by atoms with Gasteiger partial charge in [0, 0.05) is 37.9 Å². The second-order valence-corrected chi connectivity index (χ2v) is 5.76. The number of rotatable bonds is 4. The largest absolute Gasteiger partial charge is 0.396 e. The van der Waals surface area contributed by atoms with E-state index >= 15 is 0 Å². The molecule has 0 aliphatic rings. The molecule has 0 atom stereocenters. The average molecular weight is 322 g/mol. The van der Waals surface area contributed by atoms with Gasteiger partial charge in [0.1, 0.15) is 11.3 Å². The maximum Gasteiger partial charge on any atom is 0.152 e. The van der Waals surface area contributed by atoms with Gasteiger partial charge in [-0.15, -0.1) is 0 Å². The number of aliphatic hydroxyl groups is 1. The van der Waals surface area contributed by atoms with Gasteiger partial charge in [0.15, 0.2) is 5.82 Å². The van der Waals surface area contributed by atoms with E-state index in [2.05, 4.69) is 15.1 Å². The fraction of sp³-hybridized carbons (Fsp3) is 0.235. The minimum absolute atomic E-state index is 0.144. The van der Waals surface area contributed by atoms with Crippen LogP contribution in [0.1, 0.15) is 12.2 Å². The molecule has 4 aromatic rings. The molecule has 122 valence electrons. The van der Waals surface area contributed by atoms with Crippen LogP contribution in [0.2, 0.25) is 0 Å². The van der Waals surface area contributed by atoms with E-state index in [1.165, 1.54) is 0 Å². The fourth-order valence-corrected chi connectivity index (χ4v) is 3.05. The lowest BCUT2D eigenvalue weighted by atomic mass is 10.1. The predicted molar refractivity (Wildman–Crippen MR) is 93.0 cm³/mol. The van der Waals surface area contributed by atoms with Crippen LogP contribution in [-0.4, -0.2) is 36.0 Å². The Kier molecular flexibility index (Phi) is 3.42. The number of aliphatic hydroxyl groups excluding tert-OH is 1. The summed E-state index contributed by atoms with van der Waals surface area (Å²) in [4.78, 5) is 9.14. The number of aryl methyl sites for hydroxylation is 2. The van der Waals surface area contributed by atoms with E-state index in [4.69, 9.17) is 10.8 Å². The van der Waals surface area contributed by atoms with Gasteiger partial charge in [-0.2, -0.15) is 5.10 Å². The molecule has 7 nitrogen and oxygen atoms in total. The van der Waals surface area contributed by atoms with Gasteiger partial charge in [0.05, 0.1) is 16.7 Å². The molecule has 0 spiro atoms. The van der Waals surface area contributed by atoms with Crippen LogP contribution in [-0.2, 0) is 13.5 Å². The van der Waals surface area contributed by atoms with Crippen molar-refractivity contribution >= 4 is 27.8 Å².